The highest BCUT2D eigenvalue weighted by Crippen LogP contribution is 2.44. The van der Waals surface area contributed by atoms with Crippen LogP contribution in [-0.4, -0.2) is 17.8 Å². The van der Waals surface area contributed by atoms with Crippen molar-refractivity contribution in [3.8, 4) is 5.75 Å². The summed E-state index contributed by atoms with van der Waals surface area (Å²) in [6, 6.07) is 8.40. The fourth-order valence-corrected chi connectivity index (χ4v) is 3.85. The van der Waals surface area contributed by atoms with Crippen molar-refractivity contribution in [2.75, 3.05) is 11.9 Å². The SMILES string of the molecule is C=CCOc1cccc(NC(=S)N[C@@H]2C[C@H]3CC[C@H]2C3)c1. The molecule has 2 N–H and O–H groups in total. The number of fused-ring (bicyclic) bond motifs is 2. The van der Waals surface area contributed by atoms with Gasteiger partial charge in [0, 0.05) is 17.8 Å². The van der Waals surface area contributed by atoms with Gasteiger partial charge >= 0.3 is 0 Å². The molecule has 0 unspecified atom stereocenters. The van der Waals surface area contributed by atoms with Gasteiger partial charge in [0.15, 0.2) is 5.11 Å². The molecular formula is C17H22N2OS. The minimum atomic E-state index is 0.511. The molecule has 0 spiro atoms. The maximum absolute atomic E-state index is 5.53. The van der Waals surface area contributed by atoms with Crippen LogP contribution in [0, 0.1) is 11.8 Å². The van der Waals surface area contributed by atoms with E-state index >= 15 is 0 Å². The predicted octanol–water partition coefficient (Wildman–Crippen LogP) is 3.73. The first-order valence-electron chi connectivity index (χ1n) is 7.66. The van der Waals surface area contributed by atoms with Crippen molar-refractivity contribution < 1.29 is 4.74 Å². The monoisotopic (exact) mass is 302 g/mol. The first-order chi connectivity index (χ1) is 10.2. The lowest BCUT2D eigenvalue weighted by atomic mass is 9.96. The van der Waals surface area contributed by atoms with Crippen LogP contribution in [0.25, 0.3) is 0 Å². The minimum Gasteiger partial charge on any atom is -0.489 e. The Bertz CT molecular complexity index is 531. The number of thiocarbonyl (C=S) groups is 1. The summed E-state index contributed by atoms with van der Waals surface area (Å²) < 4.78 is 5.53. The topological polar surface area (TPSA) is 33.3 Å². The molecule has 0 radical (unpaired) electrons. The zero-order chi connectivity index (χ0) is 14.7. The van der Waals surface area contributed by atoms with E-state index in [0.717, 1.165) is 23.3 Å². The number of ether oxygens (including phenoxy) is 1. The Morgan fingerprint density at radius 1 is 1.38 bits per heavy atom. The van der Waals surface area contributed by atoms with Crippen LogP contribution < -0.4 is 15.4 Å². The van der Waals surface area contributed by atoms with Crippen molar-refractivity contribution in [2.45, 2.75) is 31.7 Å². The Labute approximate surface area is 131 Å². The summed E-state index contributed by atoms with van der Waals surface area (Å²) in [7, 11) is 0. The van der Waals surface area contributed by atoms with Crippen molar-refractivity contribution in [1.82, 2.24) is 5.32 Å². The Hall–Kier alpha value is -1.55. The van der Waals surface area contributed by atoms with E-state index in [9.17, 15) is 0 Å². The molecule has 0 aliphatic heterocycles. The molecule has 0 saturated heterocycles. The number of hydrogen-bond acceptors (Lipinski definition) is 2. The van der Waals surface area contributed by atoms with Crippen LogP contribution in [0.15, 0.2) is 36.9 Å². The number of benzene rings is 1. The molecule has 0 heterocycles. The first kappa shape index (κ1) is 14.4. The summed E-state index contributed by atoms with van der Waals surface area (Å²) in [5.41, 5.74) is 0.956. The molecule has 1 aromatic carbocycles. The van der Waals surface area contributed by atoms with Gasteiger partial charge in [-0.25, -0.2) is 0 Å². The lowest BCUT2D eigenvalue weighted by molar-refractivity contribution is 0.363. The highest BCUT2D eigenvalue weighted by molar-refractivity contribution is 7.80. The lowest BCUT2D eigenvalue weighted by Crippen LogP contribution is -2.40. The summed E-state index contributed by atoms with van der Waals surface area (Å²) in [5, 5.41) is 7.46. The molecule has 3 atom stereocenters. The second kappa shape index (κ2) is 6.48. The molecule has 0 amide bonds. The lowest BCUT2D eigenvalue weighted by Gasteiger charge is -2.24. The average Bonchev–Trinajstić information content (AvgIpc) is 3.08. The number of anilines is 1. The van der Waals surface area contributed by atoms with Gasteiger partial charge in [0.05, 0.1) is 0 Å². The molecule has 2 bridgehead atoms. The van der Waals surface area contributed by atoms with E-state index in [1.165, 1.54) is 25.7 Å². The highest BCUT2D eigenvalue weighted by Gasteiger charge is 2.39. The molecule has 112 valence electrons. The molecule has 2 aliphatic rings. The van der Waals surface area contributed by atoms with Crippen LogP contribution in [0.3, 0.4) is 0 Å². The summed E-state index contributed by atoms with van der Waals surface area (Å²) in [5.74, 6) is 2.56. The fourth-order valence-electron chi connectivity index (χ4n) is 3.58. The molecule has 4 heteroatoms. The first-order valence-corrected chi connectivity index (χ1v) is 8.06. The third-order valence-electron chi connectivity index (χ3n) is 4.51. The Morgan fingerprint density at radius 2 is 2.29 bits per heavy atom. The van der Waals surface area contributed by atoms with Gasteiger partial charge in [0.25, 0.3) is 0 Å². The van der Waals surface area contributed by atoms with E-state index in [1.807, 2.05) is 24.3 Å². The van der Waals surface area contributed by atoms with Gasteiger partial charge < -0.3 is 15.4 Å². The largest absolute Gasteiger partial charge is 0.489 e. The standard InChI is InChI=1S/C17H22N2OS/c1-2-8-20-15-5-3-4-14(11-15)18-17(21)19-16-10-12-6-7-13(16)9-12/h2-5,11-13,16H,1,6-10H2,(H2,18,19,21)/t12-,13-,16+/m0/s1. The van der Waals surface area contributed by atoms with E-state index in [-0.39, 0.29) is 0 Å². The fraction of sp³-hybridized carbons (Fsp3) is 0.471. The third-order valence-corrected chi connectivity index (χ3v) is 4.73. The van der Waals surface area contributed by atoms with Crippen LogP contribution in [0.1, 0.15) is 25.7 Å². The van der Waals surface area contributed by atoms with Crippen molar-refractivity contribution in [2.24, 2.45) is 11.8 Å². The van der Waals surface area contributed by atoms with E-state index in [2.05, 4.69) is 17.2 Å². The summed E-state index contributed by atoms with van der Waals surface area (Å²) in [6.45, 7) is 4.16. The maximum Gasteiger partial charge on any atom is 0.171 e. The normalized spacial score (nSPS) is 26.4. The van der Waals surface area contributed by atoms with Gasteiger partial charge in [-0.3, -0.25) is 0 Å². The third kappa shape index (κ3) is 3.56. The smallest absolute Gasteiger partial charge is 0.171 e. The van der Waals surface area contributed by atoms with Crippen LogP contribution in [0.4, 0.5) is 5.69 Å². The second-order valence-electron chi connectivity index (χ2n) is 6.01. The van der Waals surface area contributed by atoms with Gasteiger partial charge in [0.2, 0.25) is 0 Å². The van der Waals surface area contributed by atoms with E-state index in [4.69, 9.17) is 17.0 Å². The molecule has 2 aliphatic carbocycles. The van der Waals surface area contributed by atoms with Gasteiger partial charge in [0.1, 0.15) is 12.4 Å². The van der Waals surface area contributed by atoms with Crippen molar-refractivity contribution in [3.05, 3.63) is 36.9 Å². The number of rotatable bonds is 5. The van der Waals surface area contributed by atoms with E-state index in [1.54, 1.807) is 6.08 Å². The molecule has 0 aromatic heterocycles. The summed E-state index contributed by atoms with van der Waals surface area (Å²) >= 11 is 5.44. The minimum absolute atomic E-state index is 0.511. The molecule has 2 fully saturated rings. The Kier molecular flexibility index (Phi) is 4.44. The highest BCUT2D eigenvalue weighted by atomic mass is 32.1. The Morgan fingerprint density at radius 3 is 3.00 bits per heavy atom. The zero-order valence-electron chi connectivity index (χ0n) is 12.2. The molecule has 3 nitrogen and oxygen atoms in total. The molecule has 21 heavy (non-hydrogen) atoms. The van der Waals surface area contributed by atoms with Crippen LogP contribution in [0.5, 0.6) is 5.75 Å². The molecular weight excluding hydrogens is 280 g/mol. The van der Waals surface area contributed by atoms with E-state index in [0.29, 0.717) is 17.8 Å². The van der Waals surface area contributed by atoms with Crippen molar-refractivity contribution in [1.29, 1.82) is 0 Å². The molecule has 2 saturated carbocycles. The average molecular weight is 302 g/mol. The Balaban J connectivity index is 1.53. The van der Waals surface area contributed by atoms with E-state index < -0.39 is 0 Å². The van der Waals surface area contributed by atoms with Crippen molar-refractivity contribution in [3.63, 3.8) is 0 Å². The van der Waals surface area contributed by atoms with Gasteiger partial charge in [-0.1, -0.05) is 25.1 Å². The van der Waals surface area contributed by atoms with Crippen LogP contribution in [-0.2, 0) is 0 Å². The maximum atomic E-state index is 5.53. The molecule has 1 aromatic rings. The number of nitrogens with one attached hydrogen (secondary N) is 2. The van der Waals surface area contributed by atoms with Gasteiger partial charge in [-0.15, -0.1) is 0 Å². The number of hydrogen-bond donors (Lipinski definition) is 2. The van der Waals surface area contributed by atoms with Crippen LogP contribution in [0.2, 0.25) is 0 Å². The predicted molar refractivity (Wildman–Crippen MR) is 90.7 cm³/mol. The molecule has 3 rings (SSSR count). The zero-order valence-corrected chi connectivity index (χ0v) is 13.0. The quantitative estimate of drug-likeness (QED) is 0.641. The summed E-state index contributed by atoms with van der Waals surface area (Å²) in [4.78, 5) is 0. The van der Waals surface area contributed by atoms with Gasteiger partial charge in [-0.05, 0) is 55.4 Å². The van der Waals surface area contributed by atoms with Gasteiger partial charge in [-0.2, -0.15) is 0 Å². The van der Waals surface area contributed by atoms with Crippen molar-refractivity contribution >= 4 is 23.0 Å². The summed E-state index contributed by atoms with van der Waals surface area (Å²) in [6.07, 6.45) is 7.16. The second-order valence-corrected chi connectivity index (χ2v) is 6.42. The van der Waals surface area contributed by atoms with Crippen LogP contribution >= 0.6 is 12.2 Å².